The summed E-state index contributed by atoms with van der Waals surface area (Å²) in [5, 5.41) is 0.316. The molecular weight excluding hydrogens is 336 g/mol. The van der Waals surface area contributed by atoms with E-state index in [-0.39, 0.29) is 11.1 Å². The Labute approximate surface area is 149 Å². The molecule has 2 heterocycles. The van der Waals surface area contributed by atoms with Gasteiger partial charge in [0.05, 0.1) is 49.2 Å². The summed E-state index contributed by atoms with van der Waals surface area (Å²) in [5.74, 6) is 0.567. The fourth-order valence-electron chi connectivity index (χ4n) is 2.76. The van der Waals surface area contributed by atoms with Crippen molar-refractivity contribution < 1.29 is 19.0 Å². The Morgan fingerprint density at radius 1 is 1.08 bits per heavy atom. The van der Waals surface area contributed by atoms with Crippen molar-refractivity contribution in [1.29, 1.82) is 0 Å². The average Bonchev–Trinajstić information content (AvgIpc) is 2.67. The third-order valence-corrected chi connectivity index (χ3v) is 4.12. The zero-order valence-electron chi connectivity index (χ0n) is 14.9. The van der Waals surface area contributed by atoms with E-state index in [1.807, 2.05) is 0 Å². The molecule has 1 aromatic carbocycles. The van der Waals surface area contributed by atoms with Crippen molar-refractivity contribution in [3.05, 3.63) is 58.1 Å². The van der Waals surface area contributed by atoms with Gasteiger partial charge in [-0.2, -0.15) is 0 Å². The molecule has 0 aliphatic rings. The molecule has 7 heteroatoms. The van der Waals surface area contributed by atoms with Gasteiger partial charge >= 0.3 is 5.97 Å². The number of nitrogens with zero attached hydrogens (tertiary/aromatic N) is 2. The Bertz CT molecular complexity index is 1060. The van der Waals surface area contributed by atoms with E-state index in [1.165, 1.54) is 24.9 Å². The number of methoxy groups -OCH3 is 3. The van der Waals surface area contributed by atoms with Crippen LogP contribution in [0.2, 0.25) is 0 Å². The molecule has 0 radical (unpaired) electrons. The summed E-state index contributed by atoms with van der Waals surface area (Å²) in [6, 6.07) is 8.39. The van der Waals surface area contributed by atoms with Gasteiger partial charge in [0, 0.05) is 12.3 Å². The highest BCUT2D eigenvalue weighted by molar-refractivity contribution is 5.94. The Hall–Kier alpha value is -3.35. The number of hydrogen-bond acceptors (Lipinski definition) is 6. The van der Waals surface area contributed by atoms with Gasteiger partial charge in [-0.1, -0.05) is 0 Å². The summed E-state index contributed by atoms with van der Waals surface area (Å²) in [7, 11) is 4.36. The normalized spacial score (nSPS) is 10.6. The number of pyridine rings is 2. The first-order valence-electron chi connectivity index (χ1n) is 7.84. The molecule has 3 aromatic rings. The molecule has 0 saturated carbocycles. The maximum absolute atomic E-state index is 13.0. The number of rotatable bonds is 4. The van der Waals surface area contributed by atoms with E-state index < -0.39 is 5.97 Å². The van der Waals surface area contributed by atoms with E-state index in [0.717, 1.165) is 0 Å². The lowest BCUT2D eigenvalue weighted by Gasteiger charge is -2.13. The van der Waals surface area contributed by atoms with Crippen LogP contribution in [0.5, 0.6) is 11.5 Å². The second-order valence-corrected chi connectivity index (χ2v) is 5.57. The first kappa shape index (κ1) is 17.5. The molecule has 0 N–H and O–H groups in total. The third kappa shape index (κ3) is 2.88. The second kappa shape index (κ2) is 6.87. The molecular formula is C19H18N2O5. The van der Waals surface area contributed by atoms with Crippen LogP contribution in [0.25, 0.3) is 16.6 Å². The van der Waals surface area contributed by atoms with Gasteiger partial charge in [-0.25, -0.2) is 4.79 Å². The van der Waals surface area contributed by atoms with Crippen molar-refractivity contribution >= 4 is 16.9 Å². The van der Waals surface area contributed by atoms with Crippen LogP contribution >= 0.6 is 0 Å². The molecule has 7 nitrogen and oxygen atoms in total. The number of fused-ring (bicyclic) bond motifs is 1. The fraction of sp³-hybridized carbons (Fsp3) is 0.211. The number of esters is 1. The van der Waals surface area contributed by atoms with Gasteiger partial charge in [0.1, 0.15) is 11.5 Å². The number of ether oxygens (including phenoxy) is 3. The van der Waals surface area contributed by atoms with Gasteiger partial charge in [-0.15, -0.1) is 0 Å². The zero-order valence-corrected chi connectivity index (χ0v) is 14.9. The largest absolute Gasteiger partial charge is 0.497 e. The quantitative estimate of drug-likeness (QED) is 0.670. The average molecular weight is 354 g/mol. The van der Waals surface area contributed by atoms with Gasteiger partial charge in [-0.3, -0.25) is 14.3 Å². The standard InChI is InChI=1S/C19H18N2O5/c1-11-13(19(23)26-4)10-14-15(20-11)7-8-21(18(14)22)16-6-5-12(24-2)9-17(16)25-3/h5-10H,1-4H3. The number of aromatic nitrogens is 2. The number of aryl methyl sites for hydroxylation is 1. The molecule has 134 valence electrons. The van der Waals surface area contributed by atoms with Gasteiger partial charge in [0.2, 0.25) is 0 Å². The van der Waals surface area contributed by atoms with E-state index in [9.17, 15) is 9.59 Å². The lowest BCUT2D eigenvalue weighted by molar-refractivity contribution is 0.0599. The van der Waals surface area contributed by atoms with Crippen LogP contribution in [0.15, 0.2) is 41.3 Å². The lowest BCUT2D eigenvalue weighted by Crippen LogP contribution is -2.19. The van der Waals surface area contributed by atoms with Crippen molar-refractivity contribution in [1.82, 2.24) is 9.55 Å². The highest BCUT2D eigenvalue weighted by atomic mass is 16.5. The minimum Gasteiger partial charge on any atom is -0.497 e. The molecule has 0 saturated heterocycles. The van der Waals surface area contributed by atoms with Crippen LogP contribution in [0.3, 0.4) is 0 Å². The molecule has 0 bridgehead atoms. The van der Waals surface area contributed by atoms with Crippen molar-refractivity contribution in [3.63, 3.8) is 0 Å². The molecule has 2 aromatic heterocycles. The van der Waals surface area contributed by atoms with E-state index in [2.05, 4.69) is 4.98 Å². The summed E-state index contributed by atoms with van der Waals surface area (Å²) in [4.78, 5) is 29.3. The number of hydrogen-bond donors (Lipinski definition) is 0. The molecule has 0 aliphatic heterocycles. The number of carbonyl (C=O) groups is 1. The van der Waals surface area contributed by atoms with Crippen LogP contribution < -0.4 is 15.0 Å². The highest BCUT2D eigenvalue weighted by Crippen LogP contribution is 2.27. The number of benzene rings is 1. The predicted molar refractivity (Wildman–Crippen MR) is 96.5 cm³/mol. The molecule has 3 rings (SSSR count). The van der Waals surface area contributed by atoms with Crippen LogP contribution in [-0.2, 0) is 4.74 Å². The van der Waals surface area contributed by atoms with Crippen LogP contribution in [0.4, 0.5) is 0 Å². The molecule has 0 unspecified atom stereocenters. The Kier molecular flexibility index (Phi) is 4.62. The van der Waals surface area contributed by atoms with E-state index in [0.29, 0.717) is 33.8 Å². The summed E-state index contributed by atoms with van der Waals surface area (Å²) < 4.78 is 16.8. The topological polar surface area (TPSA) is 79.7 Å². The molecule has 0 aliphatic carbocycles. The smallest absolute Gasteiger partial charge is 0.339 e. The van der Waals surface area contributed by atoms with E-state index in [1.54, 1.807) is 44.5 Å². The van der Waals surface area contributed by atoms with Crippen molar-refractivity contribution in [2.75, 3.05) is 21.3 Å². The molecule has 0 fully saturated rings. The van der Waals surface area contributed by atoms with Crippen LogP contribution in [-0.4, -0.2) is 36.8 Å². The summed E-state index contributed by atoms with van der Waals surface area (Å²) >= 11 is 0. The second-order valence-electron chi connectivity index (χ2n) is 5.57. The molecule has 26 heavy (non-hydrogen) atoms. The summed E-state index contributed by atoms with van der Waals surface area (Å²) in [6.45, 7) is 1.70. The maximum Gasteiger partial charge on any atom is 0.339 e. The lowest BCUT2D eigenvalue weighted by atomic mass is 10.1. The van der Waals surface area contributed by atoms with Crippen LogP contribution in [0.1, 0.15) is 16.1 Å². The minimum atomic E-state index is -0.534. The predicted octanol–water partition coefficient (Wildman–Crippen LogP) is 2.50. The Morgan fingerprint density at radius 3 is 2.50 bits per heavy atom. The number of carbonyl (C=O) groups excluding carboxylic acids is 1. The first-order chi connectivity index (χ1) is 12.5. The molecule has 0 amide bonds. The minimum absolute atomic E-state index is 0.261. The van der Waals surface area contributed by atoms with E-state index in [4.69, 9.17) is 14.2 Å². The summed E-state index contributed by atoms with van der Waals surface area (Å²) in [6.07, 6.45) is 1.62. The van der Waals surface area contributed by atoms with Gasteiger partial charge < -0.3 is 14.2 Å². The summed E-state index contributed by atoms with van der Waals surface area (Å²) in [5.41, 5.74) is 1.51. The van der Waals surface area contributed by atoms with Gasteiger partial charge in [-0.05, 0) is 31.2 Å². The van der Waals surface area contributed by atoms with E-state index >= 15 is 0 Å². The molecule has 0 atom stereocenters. The monoisotopic (exact) mass is 354 g/mol. The third-order valence-electron chi connectivity index (χ3n) is 4.12. The van der Waals surface area contributed by atoms with Gasteiger partial charge in [0.15, 0.2) is 0 Å². The van der Waals surface area contributed by atoms with Gasteiger partial charge in [0.25, 0.3) is 5.56 Å². The van der Waals surface area contributed by atoms with Crippen molar-refractivity contribution in [2.24, 2.45) is 0 Å². The Balaban J connectivity index is 2.26. The Morgan fingerprint density at radius 2 is 1.85 bits per heavy atom. The highest BCUT2D eigenvalue weighted by Gasteiger charge is 2.16. The molecule has 0 spiro atoms. The fourth-order valence-corrected chi connectivity index (χ4v) is 2.76. The first-order valence-corrected chi connectivity index (χ1v) is 7.84. The van der Waals surface area contributed by atoms with Crippen molar-refractivity contribution in [3.8, 4) is 17.2 Å². The SMILES string of the molecule is COC(=O)c1cc2c(=O)n(-c3ccc(OC)cc3OC)ccc2nc1C. The van der Waals surface area contributed by atoms with Crippen LogP contribution in [0, 0.1) is 6.92 Å². The zero-order chi connectivity index (χ0) is 18.8. The van der Waals surface area contributed by atoms with Crippen molar-refractivity contribution in [2.45, 2.75) is 6.92 Å². The maximum atomic E-state index is 13.0.